The van der Waals surface area contributed by atoms with Gasteiger partial charge in [-0.2, -0.15) is 0 Å². The maximum atomic E-state index is 12.1. The molecule has 1 rings (SSSR count). The minimum atomic E-state index is -3.42. The second kappa shape index (κ2) is 5.82. The van der Waals surface area contributed by atoms with Crippen molar-refractivity contribution in [2.45, 2.75) is 32.1 Å². The average Bonchev–Trinajstić information content (AvgIpc) is 2.27. The van der Waals surface area contributed by atoms with Crippen LogP contribution >= 0.6 is 0 Å². The van der Waals surface area contributed by atoms with E-state index in [1.54, 1.807) is 24.3 Å². The minimum absolute atomic E-state index is 0.132. The van der Waals surface area contributed by atoms with Crippen LogP contribution in [-0.2, 0) is 10.0 Å². The van der Waals surface area contributed by atoms with Gasteiger partial charge < -0.3 is 5.73 Å². The van der Waals surface area contributed by atoms with Crippen molar-refractivity contribution in [3.8, 4) is 0 Å². The summed E-state index contributed by atoms with van der Waals surface area (Å²) in [6, 6.07) is 6.82. The number of sulfonamides is 1. The standard InChI is InChI=1S/C13H22N2O2S/c1-11-4-6-12(7-5-11)18(16,17)15-10-13(2,3)8-9-14/h4-7,15H,8-10,14H2,1-3H3. The quantitative estimate of drug-likeness (QED) is 0.825. The number of hydrogen-bond acceptors (Lipinski definition) is 3. The highest BCUT2D eigenvalue weighted by molar-refractivity contribution is 7.89. The molecule has 0 unspecified atom stereocenters. The van der Waals surface area contributed by atoms with Crippen molar-refractivity contribution >= 4 is 10.0 Å². The topological polar surface area (TPSA) is 72.2 Å². The van der Waals surface area contributed by atoms with E-state index < -0.39 is 10.0 Å². The Morgan fingerprint density at radius 3 is 2.28 bits per heavy atom. The van der Waals surface area contributed by atoms with E-state index in [1.807, 2.05) is 20.8 Å². The van der Waals surface area contributed by atoms with Gasteiger partial charge >= 0.3 is 0 Å². The molecular weight excluding hydrogens is 248 g/mol. The number of aryl methyl sites for hydroxylation is 1. The number of benzene rings is 1. The lowest BCUT2D eigenvalue weighted by atomic mass is 9.90. The number of hydrogen-bond donors (Lipinski definition) is 2. The van der Waals surface area contributed by atoms with Crippen LogP contribution < -0.4 is 10.5 Å². The van der Waals surface area contributed by atoms with Gasteiger partial charge in [0.05, 0.1) is 4.90 Å². The summed E-state index contributed by atoms with van der Waals surface area (Å²) in [6.07, 6.45) is 0.781. The molecule has 5 heteroatoms. The van der Waals surface area contributed by atoms with Crippen LogP contribution in [0.4, 0.5) is 0 Å². The molecule has 0 amide bonds. The van der Waals surface area contributed by atoms with Gasteiger partial charge in [-0.25, -0.2) is 13.1 Å². The SMILES string of the molecule is Cc1ccc(S(=O)(=O)NCC(C)(C)CCN)cc1. The Morgan fingerprint density at radius 2 is 1.78 bits per heavy atom. The molecule has 18 heavy (non-hydrogen) atoms. The molecule has 0 aliphatic rings. The molecule has 1 aromatic carbocycles. The van der Waals surface area contributed by atoms with E-state index in [-0.39, 0.29) is 5.41 Å². The van der Waals surface area contributed by atoms with Crippen molar-refractivity contribution in [2.75, 3.05) is 13.1 Å². The van der Waals surface area contributed by atoms with Gasteiger partial charge in [0.25, 0.3) is 0 Å². The second-order valence-electron chi connectivity index (χ2n) is 5.34. The van der Waals surface area contributed by atoms with Crippen LogP contribution in [0, 0.1) is 12.3 Å². The molecule has 0 bridgehead atoms. The summed E-state index contributed by atoms with van der Waals surface area (Å²) >= 11 is 0. The number of nitrogens with two attached hydrogens (primary N) is 1. The fourth-order valence-electron chi connectivity index (χ4n) is 1.57. The van der Waals surface area contributed by atoms with Crippen LogP contribution in [0.15, 0.2) is 29.2 Å². The van der Waals surface area contributed by atoms with E-state index in [0.29, 0.717) is 18.0 Å². The van der Waals surface area contributed by atoms with Crippen LogP contribution in [0.1, 0.15) is 25.8 Å². The molecule has 0 aliphatic heterocycles. The first-order valence-electron chi connectivity index (χ1n) is 6.03. The van der Waals surface area contributed by atoms with Gasteiger partial charge in [0, 0.05) is 6.54 Å². The van der Waals surface area contributed by atoms with Crippen LogP contribution in [0.2, 0.25) is 0 Å². The molecule has 0 heterocycles. The molecule has 0 aliphatic carbocycles. The highest BCUT2D eigenvalue weighted by atomic mass is 32.2. The maximum Gasteiger partial charge on any atom is 0.240 e. The molecule has 0 aromatic heterocycles. The third kappa shape index (κ3) is 4.40. The predicted octanol–water partition coefficient (Wildman–Crippen LogP) is 1.65. The molecule has 3 N–H and O–H groups in total. The van der Waals surface area contributed by atoms with Gasteiger partial charge in [0.1, 0.15) is 0 Å². The van der Waals surface area contributed by atoms with Crippen molar-refractivity contribution in [3.63, 3.8) is 0 Å². The van der Waals surface area contributed by atoms with Crippen molar-refractivity contribution < 1.29 is 8.42 Å². The fraction of sp³-hybridized carbons (Fsp3) is 0.538. The van der Waals surface area contributed by atoms with Crippen LogP contribution in [0.3, 0.4) is 0 Å². The summed E-state index contributed by atoms with van der Waals surface area (Å²) in [5.74, 6) is 0. The lowest BCUT2D eigenvalue weighted by Gasteiger charge is -2.24. The average molecular weight is 270 g/mol. The molecule has 102 valence electrons. The van der Waals surface area contributed by atoms with E-state index in [1.165, 1.54) is 0 Å². The van der Waals surface area contributed by atoms with Gasteiger partial charge in [-0.05, 0) is 37.4 Å². The first-order valence-corrected chi connectivity index (χ1v) is 7.52. The summed E-state index contributed by atoms with van der Waals surface area (Å²) in [4.78, 5) is 0.302. The van der Waals surface area contributed by atoms with Gasteiger partial charge in [-0.15, -0.1) is 0 Å². The van der Waals surface area contributed by atoms with Gasteiger partial charge in [-0.1, -0.05) is 31.5 Å². The lowest BCUT2D eigenvalue weighted by molar-refractivity contribution is 0.340. The molecule has 0 spiro atoms. The highest BCUT2D eigenvalue weighted by Crippen LogP contribution is 2.19. The molecule has 4 nitrogen and oxygen atoms in total. The van der Waals surface area contributed by atoms with E-state index in [2.05, 4.69) is 4.72 Å². The summed E-state index contributed by atoms with van der Waals surface area (Å²) < 4.78 is 26.7. The van der Waals surface area contributed by atoms with Crippen LogP contribution in [0.25, 0.3) is 0 Å². The Morgan fingerprint density at radius 1 is 1.22 bits per heavy atom. The number of rotatable bonds is 6. The van der Waals surface area contributed by atoms with Crippen molar-refractivity contribution in [1.82, 2.24) is 4.72 Å². The first-order chi connectivity index (χ1) is 8.27. The van der Waals surface area contributed by atoms with Crippen molar-refractivity contribution in [1.29, 1.82) is 0 Å². The van der Waals surface area contributed by atoms with Crippen LogP contribution in [-0.4, -0.2) is 21.5 Å². The minimum Gasteiger partial charge on any atom is -0.330 e. The normalized spacial score (nSPS) is 12.7. The van der Waals surface area contributed by atoms with Crippen molar-refractivity contribution in [3.05, 3.63) is 29.8 Å². The molecular formula is C13H22N2O2S. The molecule has 0 atom stereocenters. The van der Waals surface area contributed by atoms with Gasteiger partial charge in [-0.3, -0.25) is 0 Å². The summed E-state index contributed by atoms with van der Waals surface area (Å²) in [5, 5.41) is 0. The van der Waals surface area contributed by atoms with E-state index in [4.69, 9.17) is 5.73 Å². The molecule has 0 fully saturated rings. The third-order valence-corrected chi connectivity index (χ3v) is 4.31. The zero-order valence-electron chi connectivity index (χ0n) is 11.2. The van der Waals surface area contributed by atoms with E-state index in [9.17, 15) is 8.42 Å². The van der Waals surface area contributed by atoms with E-state index >= 15 is 0 Å². The summed E-state index contributed by atoms with van der Waals surface area (Å²) in [6.45, 7) is 6.86. The lowest BCUT2D eigenvalue weighted by Crippen LogP contribution is -2.35. The predicted molar refractivity (Wildman–Crippen MR) is 73.8 cm³/mol. The van der Waals surface area contributed by atoms with Crippen molar-refractivity contribution in [2.24, 2.45) is 11.1 Å². The Balaban J connectivity index is 2.74. The smallest absolute Gasteiger partial charge is 0.240 e. The van der Waals surface area contributed by atoms with E-state index in [0.717, 1.165) is 12.0 Å². The van der Waals surface area contributed by atoms with Crippen LogP contribution in [0.5, 0.6) is 0 Å². The number of nitrogens with one attached hydrogen (secondary N) is 1. The molecule has 0 saturated carbocycles. The molecule has 1 aromatic rings. The zero-order chi connectivity index (χ0) is 13.8. The second-order valence-corrected chi connectivity index (χ2v) is 7.11. The Bertz CT molecular complexity index is 478. The molecule has 0 radical (unpaired) electrons. The van der Waals surface area contributed by atoms with Gasteiger partial charge in [0.2, 0.25) is 10.0 Å². The Labute approximate surface area is 110 Å². The maximum absolute atomic E-state index is 12.1. The Kier molecular flexibility index (Phi) is 4.90. The zero-order valence-corrected chi connectivity index (χ0v) is 12.0. The largest absolute Gasteiger partial charge is 0.330 e. The first kappa shape index (κ1) is 15.1. The monoisotopic (exact) mass is 270 g/mol. The summed E-state index contributed by atoms with van der Waals surface area (Å²) in [7, 11) is -3.42. The third-order valence-electron chi connectivity index (χ3n) is 2.89. The Hall–Kier alpha value is -0.910. The fourth-order valence-corrected chi connectivity index (χ4v) is 2.81. The molecule has 0 saturated heterocycles. The highest BCUT2D eigenvalue weighted by Gasteiger charge is 2.21. The summed E-state index contributed by atoms with van der Waals surface area (Å²) in [5.41, 5.74) is 6.41. The van der Waals surface area contributed by atoms with Gasteiger partial charge in [0.15, 0.2) is 0 Å².